The van der Waals surface area contributed by atoms with Gasteiger partial charge in [-0.1, -0.05) is 42.5 Å². The summed E-state index contributed by atoms with van der Waals surface area (Å²) in [4.78, 5) is 24.3. The SMILES string of the molecule is COC(=O)[C@H](Cc1ccc2ccccc2c1)NC(=O)[C@@H]1CCOC1. The molecule has 2 atom stereocenters. The highest BCUT2D eigenvalue weighted by Gasteiger charge is 2.28. The van der Waals surface area contributed by atoms with Gasteiger partial charge in [-0.15, -0.1) is 0 Å². The maximum atomic E-state index is 12.3. The van der Waals surface area contributed by atoms with E-state index < -0.39 is 12.0 Å². The van der Waals surface area contributed by atoms with E-state index in [2.05, 4.69) is 5.32 Å². The highest BCUT2D eigenvalue weighted by atomic mass is 16.5. The van der Waals surface area contributed by atoms with E-state index in [4.69, 9.17) is 9.47 Å². The molecule has 0 aromatic heterocycles. The van der Waals surface area contributed by atoms with Crippen molar-refractivity contribution < 1.29 is 19.1 Å². The highest BCUT2D eigenvalue weighted by molar-refractivity contribution is 5.87. The van der Waals surface area contributed by atoms with E-state index in [1.807, 2.05) is 42.5 Å². The lowest BCUT2D eigenvalue weighted by atomic mass is 10.0. The van der Waals surface area contributed by atoms with Crippen molar-refractivity contribution in [1.29, 1.82) is 0 Å². The maximum Gasteiger partial charge on any atom is 0.328 e. The molecule has 0 spiro atoms. The van der Waals surface area contributed by atoms with Crippen molar-refractivity contribution in [3.63, 3.8) is 0 Å². The summed E-state index contributed by atoms with van der Waals surface area (Å²) in [7, 11) is 1.33. The van der Waals surface area contributed by atoms with Crippen molar-refractivity contribution in [3.8, 4) is 0 Å². The van der Waals surface area contributed by atoms with Crippen molar-refractivity contribution in [2.45, 2.75) is 18.9 Å². The number of methoxy groups -OCH3 is 1. The van der Waals surface area contributed by atoms with Crippen molar-refractivity contribution in [2.24, 2.45) is 5.92 Å². The molecule has 1 saturated heterocycles. The summed E-state index contributed by atoms with van der Waals surface area (Å²) < 4.78 is 10.1. The third-order valence-electron chi connectivity index (χ3n) is 4.36. The van der Waals surface area contributed by atoms with E-state index in [0.29, 0.717) is 26.1 Å². The van der Waals surface area contributed by atoms with Gasteiger partial charge in [0.05, 0.1) is 19.6 Å². The first kappa shape index (κ1) is 16.5. The minimum Gasteiger partial charge on any atom is -0.467 e. The predicted molar refractivity (Wildman–Crippen MR) is 90.5 cm³/mol. The summed E-state index contributed by atoms with van der Waals surface area (Å²) in [6.07, 6.45) is 1.09. The van der Waals surface area contributed by atoms with Crippen LogP contribution in [0.25, 0.3) is 10.8 Å². The van der Waals surface area contributed by atoms with Crippen molar-refractivity contribution in [2.75, 3.05) is 20.3 Å². The maximum absolute atomic E-state index is 12.3. The van der Waals surface area contributed by atoms with Gasteiger partial charge in [0.1, 0.15) is 6.04 Å². The van der Waals surface area contributed by atoms with E-state index >= 15 is 0 Å². The molecule has 5 heteroatoms. The number of esters is 1. The largest absolute Gasteiger partial charge is 0.467 e. The minimum atomic E-state index is -0.690. The molecule has 0 aliphatic carbocycles. The Morgan fingerprint density at radius 3 is 2.75 bits per heavy atom. The van der Waals surface area contributed by atoms with Gasteiger partial charge in [-0.3, -0.25) is 4.79 Å². The van der Waals surface area contributed by atoms with Gasteiger partial charge in [0, 0.05) is 13.0 Å². The molecular formula is C19H21NO4. The number of rotatable bonds is 5. The second-order valence-corrected chi connectivity index (χ2v) is 6.03. The first-order valence-corrected chi connectivity index (χ1v) is 8.11. The second kappa shape index (κ2) is 7.45. The predicted octanol–water partition coefficient (Wildman–Crippen LogP) is 2.08. The molecule has 1 N–H and O–H groups in total. The monoisotopic (exact) mass is 327 g/mol. The third-order valence-corrected chi connectivity index (χ3v) is 4.36. The normalized spacial score (nSPS) is 18.3. The number of fused-ring (bicyclic) bond motifs is 1. The van der Waals surface area contributed by atoms with Crippen LogP contribution < -0.4 is 5.32 Å². The Bertz CT molecular complexity index is 737. The number of ether oxygens (including phenoxy) is 2. The molecule has 0 saturated carbocycles. The highest BCUT2D eigenvalue weighted by Crippen LogP contribution is 2.18. The molecular weight excluding hydrogens is 306 g/mol. The van der Waals surface area contributed by atoms with Crippen molar-refractivity contribution in [1.82, 2.24) is 5.32 Å². The van der Waals surface area contributed by atoms with Gasteiger partial charge >= 0.3 is 5.97 Å². The number of carbonyl (C=O) groups excluding carboxylic acids is 2. The average Bonchev–Trinajstić information content (AvgIpc) is 3.15. The van der Waals surface area contributed by atoms with E-state index in [9.17, 15) is 9.59 Å². The van der Waals surface area contributed by atoms with Gasteiger partial charge in [0.15, 0.2) is 0 Å². The zero-order valence-electron chi connectivity index (χ0n) is 13.7. The lowest BCUT2D eigenvalue weighted by Crippen LogP contribution is -2.45. The summed E-state index contributed by atoms with van der Waals surface area (Å²) in [5, 5.41) is 5.06. The molecule has 0 bridgehead atoms. The standard InChI is InChI=1S/C19H21NO4/c1-23-19(22)17(20-18(21)16-8-9-24-12-16)11-13-6-7-14-4-2-3-5-15(14)10-13/h2-7,10,16-17H,8-9,11-12H2,1H3,(H,20,21)/t16-,17+/m1/s1. The van der Waals surface area contributed by atoms with E-state index in [-0.39, 0.29) is 11.8 Å². The van der Waals surface area contributed by atoms with Gasteiger partial charge in [-0.25, -0.2) is 4.79 Å². The zero-order valence-corrected chi connectivity index (χ0v) is 13.7. The lowest BCUT2D eigenvalue weighted by molar-refractivity contribution is -0.145. The van der Waals surface area contributed by atoms with Gasteiger partial charge in [0.2, 0.25) is 5.91 Å². The number of benzene rings is 2. The Morgan fingerprint density at radius 1 is 1.25 bits per heavy atom. The quantitative estimate of drug-likeness (QED) is 0.854. The molecule has 24 heavy (non-hydrogen) atoms. The minimum absolute atomic E-state index is 0.149. The van der Waals surface area contributed by atoms with E-state index in [0.717, 1.165) is 16.3 Å². The molecule has 3 rings (SSSR count). The first-order valence-electron chi connectivity index (χ1n) is 8.11. The fourth-order valence-electron chi connectivity index (χ4n) is 2.97. The molecule has 1 aliphatic rings. The van der Waals surface area contributed by atoms with E-state index in [1.165, 1.54) is 7.11 Å². The zero-order chi connectivity index (χ0) is 16.9. The Balaban J connectivity index is 1.75. The van der Waals surface area contributed by atoms with Crippen LogP contribution in [-0.4, -0.2) is 38.2 Å². The molecule has 1 heterocycles. The van der Waals surface area contributed by atoms with Crippen LogP contribution >= 0.6 is 0 Å². The molecule has 1 amide bonds. The Morgan fingerprint density at radius 2 is 2.04 bits per heavy atom. The Kier molecular flexibility index (Phi) is 5.11. The molecule has 1 aliphatic heterocycles. The Labute approximate surface area is 140 Å². The number of carbonyl (C=O) groups is 2. The van der Waals surface area contributed by atoms with Crippen LogP contribution in [-0.2, 0) is 25.5 Å². The van der Waals surface area contributed by atoms with Crippen LogP contribution in [0, 0.1) is 5.92 Å². The van der Waals surface area contributed by atoms with Crippen LogP contribution in [0.2, 0.25) is 0 Å². The average molecular weight is 327 g/mol. The smallest absolute Gasteiger partial charge is 0.328 e. The fourth-order valence-corrected chi connectivity index (χ4v) is 2.97. The Hall–Kier alpha value is -2.40. The molecule has 0 radical (unpaired) electrons. The molecule has 0 unspecified atom stereocenters. The van der Waals surface area contributed by atoms with Crippen LogP contribution in [0.5, 0.6) is 0 Å². The fraction of sp³-hybridized carbons (Fsp3) is 0.368. The van der Waals surface area contributed by atoms with Crippen LogP contribution in [0.15, 0.2) is 42.5 Å². The van der Waals surface area contributed by atoms with Crippen LogP contribution in [0.1, 0.15) is 12.0 Å². The first-order chi connectivity index (χ1) is 11.7. The summed E-state index contributed by atoms with van der Waals surface area (Å²) >= 11 is 0. The van der Waals surface area contributed by atoms with Gasteiger partial charge < -0.3 is 14.8 Å². The van der Waals surface area contributed by atoms with Crippen molar-refractivity contribution in [3.05, 3.63) is 48.0 Å². The number of hydrogen-bond donors (Lipinski definition) is 1. The number of nitrogens with one attached hydrogen (secondary N) is 1. The van der Waals surface area contributed by atoms with Gasteiger partial charge in [-0.05, 0) is 22.8 Å². The summed E-state index contributed by atoms with van der Waals surface area (Å²) in [5.41, 5.74) is 0.979. The molecule has 2 aromatic rings. The molecule has 1 fully saturated rings. The lowest BCUT2D eigenvalue weighted by Gasteiger charge is -2.18. The van der Waals surface area contributed by atoms with Crippen LogP contribution in [0.4, 0.5) is 0 Å². The van der Waals surface area contributed by atoms with Gasteiger partial charge in [-0.2, -0.15) is 0 Å². The van der Waals surface area contributed by atoms with E-state index in [1.54, 1.807) is 0 Å². The summed E-state index contributed by atoms with van der Waals surface area (Å²) in [6, 6.07) is 13.4. The molecule has 5 nitrogen and oxygen atoms in total. The van der Waals surface area contributed by atoms with Crippen molar-refractivity contribution >= 4 is 22.6 Å². The topological polar surface area (TPSA) is 64.6 Å². The number of hydrogen-bond acceptors (Lipinski definition) is 4. The summed E-state index contributed by atoms with van der Waals surface area (Å²) in [6.45, 7) is 1.00. The third kappa shape index (κ3) is 3.74. The molecule has 126 valence electrons. The van der Waals surface area contributed by atoms with Crippen LogP contribution in [0.3, 0.4) is 0 Å². The van der Waals surface area contributed by atoms with Gasteiger partial charge in [0.25, 0.3) is 0 Å². The second-order valence-electron chi connectivity index (χ2n) is 6.03. The summed E-state index contributed by atoms with van der Waals surface area (Å²) in [5.74, 6) is -0.770. The number of amides is 1. The molecule has 2 aromatic carbocycles.